The van der Waals surface area contributed by atoms with Crippen LogP contribution in [0.3, 0.4) is 0 Å². The molecule has 0 bridgehead atoms. The van der Waals surface area contributed by atoms with Crippen molar-refractivity contribution >= 4 is 15.9 Å². The van der Waals surface area contributed by atoms with Crippen LogP contribution in [0, 0.1) is 5.92 Å². The molecule has 1 amide bonds. The highest BCUT2D eigenvalue weighted by atomic mass is 32.2. The number of carbonyl (C=O) groups is 1. The Labute approximate surface area is 137 Å². The molecule has 7 heteroatoms. The van der Waals surface area contributed by atoms with Crippen LogP contribution in [0.15, 0.2) is 29.2 Å². The molecule has 23 heavy (non-hydrogen) atoms. The number of carbonyl (C=O) groups excluding carboxylic acids is 1. The minimum atomic E-state index is -3.55. The fourth-order valence-electron chi connectivity index (χ4n) is 3.03. The van der Waals surface area contributed by atoms with Gasteiger partial charge in [-0.2, -0.15) is 4.31 Å². The number of benzene rings is 1. The fourth-order valence-corrected chi connectivity index (χ4v) is 4.61. The number of likely N-dealkylation sites (tertiary alicyclic amines) is 1. The first-order valence-electron chi connectivity index (χ1n) is 7.91. The first-order chi connectivity index (χ1) is 11.0. The summed E-state index contributed by atoms with van der Waals surface area (Å²) in [4.78, 5) is 14.2. The predicted molar refractivity (Wildman–Crippen MR) is 85.7 cm³/mol. The smallest absolute Gasteiger partial charge is 0.253 e. The zero-order valence-corrected chi connectivity index (χ0v) is 14.1. The lowest BCUT2D eigenvalue weighted by atomic mass is 10.1. The van der Waals surface area contributed by atoms with Crippen LogP contribution in [0.2, 0.25) is 0 Å². The van der Waals surface area contributed by atoms with Crippen LogP contribution >= 0.6 is 0 Å². The highest BCUT2D eigenvalue weighted by Gasteiger charge is 2.33. The Morgan fingerprint density at radius 3 is 2.74 bits per heavy atom. The lowest BCUT2D eigenvalue weighted by Crippen LogP contribution is -2.42. The molecule has 0 N–H and O–H groups in total. The molecule has 1 aromatic carbocycles. The van der Waals surface area contributed by atoms with Gasteiger partial charge in [0.2, 0.25) is 10.0 Å². The summed E-state index contributed by atoms with van der Waals surface area (Å²) < 4.78 is 32.2. The van der Waals surface area contributed by atoms with E-state index in [2.05, 4.69) is 0 Å². The third-order valence-corrected chi connectivity index (χ3v) is 6.37. The van der Waals surface area contributed by atoms with Gasteiger partial charge in [-0.25, -0.2) is 8.42 Å². The molecule has 2 aliphatic rings. The summed E-state index contributed by atoms with van der Waals surface area (Å²) in [7, 11) is -1.93. The van der Waals surface area contributed by atoms with Crippen molar-refractivity contribution in [2.75, 3.05) is 39.9 Å². The van der Waals surface area contributed by atoms with Crippen LogP contribution in [0.25, 0.3) is 0 Å². The van der Waals surface area contributed by atoms with Crippen LogP contribution in [0.4, 0.5) is 0 Å². The number of rotatable bonds is 5. The van der Waals surface area contributed by atoms with E-state index in [0.29, 0.717) is 25.3 Å². The average molecular weight is 338 g/mol. The minimum absolute atomic E-state index is 0.0908. The molecule has 2 fully saturated rings. The van der Waals surface area contributed by atoms with Crippen molar-refractivity contribution in [3.05, 3.63) is 29.8 Å². The van der Waals surface area contributed by atoms with E-state index in [1.54, 1.807) is 30.2 Å². The molecule has 3 rings (SSSR count). The summed E-state index contributed by atoms with van der Waals surface area (Å²) in [6.45, 7) is 3.04. The summed E-state index contributed by atoms with van der Waals surface area (Å²) in [5.74, 6) is 0.146. The van der Waals surface area contributed by atoms with Crippen molar-refractivity contribution in [1.82, 2.24) is 9.21 Å². The maximum Gasteiger partial charge on any atom is 0.253 e. The molecule has 0 spiro atoms. The monoisotopic (exact) mass is 338 g/mol. The molecule has 2 saturated heterocycles. The quantitative estimate of drug-likeness (QED) is 0.809. The fraction of sp³-hybridized carbons (Fsp3) is 0.562. The van der Waals surface area contributed by atoms with Gasteiger partial charge in [-0.05, 0) is 37.0 Å². The van der Waals surface area contributed by atoms with E-state index in [-0.39, 0.29) is 16.7 Å². The number of ether oxygens (including phenoxy) is 1. The number of nitrogens with zero attached hydrogens (tertiary/aromatic N) is 2. The van der Waals surface area contributed by atoms with Crippen molar-refractivity contribution in [2.24, 2.45) is 5.92 Å². The molecule has 126 valence electrons. The van der Waals surface area contributed by atoms with Crippen molar-refractivity contribution in [3.8, 4) is 0 Å². The second-order valence-corrected chi connectivity index (χ2v) is 8.08. The molecule has 0 aromatic heterocycles. The van der Waals surface area contributed by atoms with E-state index in [1.165, 1.54) is 10.4 Å². The van der Waals surface area contributed by atoms with Gasteiger partial charge in [0.15, 0.2) is 0 Å². The average Bonchev–Trinajstić information content (AvgIpc) is 2.95. The minimum Gasteiger partial charge on any atom is -0.384 e. The van der Waals surface area contributed by atoms with Gasteiger partial charge in [0.05, 0.1) is 11.5 Å². The van der Waals surface area contributed by atoms with Crippen molar-refractivity contribution in [3.63, 3.8) is 0 Å². The van der Waals surface area contributed by atoms with Crippen LogP contribution in [-0.4, -0.2) is 63.4 Å². The molecule has 2 heterocycles. The molecule has 1 atom stereocenters. The predicted octanol–water partition coefficient (Wildman–Crippen LogP) is 1.19. The number of hydrogen-bond acceptors (Lipinski definition) is 4. The second-order valence-electron chi connectivity index (χ2n) is 6.15. The van der Waals surface area contributed by atoms with E-state index in [9.17, 15) is 13.2 Å². The van der Waals surface area contributed by atoms with E-state index in [1.807, 2.05) is 0 Å². The highest BCUT2D eigenvalue weighted by molar-refractivity contribution is 7.89. The molecule has 6 nitrogen and oxygen atoms in total. The third-order valence-electron chi connectivity index (χ3n) is 4.51. The third kappa shape index (κ3) is 3.27. The number of sulfonamides is 1. The Kier molecular flexibility index (Phi) is 4.70. The van der Waals surface area contributed by atoms with Gasteiger partial charge >= 0.3 is 0 Å². The molecular formula is C16H22N2O4S. The molecule has 0 unspecified atom stereocenters. The lowest BCUT2D eigenvalue weighted by molar-refractivity contribution is 0.0651. The summed E-state index contributed by atoms with van der Waals surface area (Å²) >= 11 is 0. The van der Waals surface area contributed by atoms with E-state index in [4.69, 9.17) is 4.74 Å². The van der Waals surface area contributed by atoms with E-state index >= 15 is 0 Å². The molecular weight excluding hydrogens is 316 g/mol. The van der Waals surface area contributed by atoms with Crippen LogP contribution < -0.4 is 0 Å². The van der Waals surface area contributed by atoms with E-state index in [0.717, 1.165) is 25.9 Å². The SMILES string of the molecule is COC[C@@H]1CCN(S(=O)(=O)c2cccc(C(=O)N3CCC3)c2)C1. The zero-order chi connectivity index (χ0) is 16.4. The Balaban J connectivity index is 1.79. The first kappa shape index (κ1) is 16.4. The Hall–Kier alpha value is -1.44. The van der Waals surface area contributed by atoms with Crippen LogP contribution in [0.1, 0.15) is 23.2 Å². The van der Waals surface area contributed by atoms with Crippen molar-refractivity contribution < 1.29 is 17.9 Å². The number of hydrogen-bond donors (Lipinski definition) is 0. The summed E-state index contributed by atoms with van der Waals surface area (Å²) in [6, 6.07) is 6.38. The van der Waals surface area contributed by atoms with Gasteiger partial charge in [0.25, 0.3) is 5.91 Å². The van der Waals surface area contributed by atoms with Crippen LogP contribution in [-0.2, 0) is 14.8 Å². The Bertz CT molecular complexity index is 685. The molecule has 0 aliphatic carbocycles. The number of methoxy groups -OCH3 is 1. The summed E-state index contributed by atoms with van der Waals surface area (Å²) in [5.41, 5.74) is 0.443. The van der Waals surface area contributed by atoms with Gasteiger partial charge in [-0.3, -0.25) is 4.79 Å². The first-order valence-corrected chi connectivity index (χ1v) is 9.35. The Morgan fingerprint density at radius 2 is 2.09 bits per heavy atom. The standard InChI is InChI=1S/C16H22N2O4S/c1-22-12-13-6-9-18(11-13)23(20,21)15-5-2-4-14(10-15)16(19)17-7-3-8-17/h2,4-5,10,13H,3,6-9,11-12H2,1H3/t13-/m1/s1. The highest BCUT2D eigenvalue weighted by Crippen LogP contribution is 2.25. The van der Waals surface area contributed by atoms with Gasteiger partial charge in [0.1, 0.15) is 0 Å². The molecule has 1 aromatic rings. The van der Waals surface area contributed by atoms with Crippen LogP contribution in [0.5, 0.6) is 0 Å². The molecule has 0 saturated carbocycles. The summed E-state index contributed by atoms with van der Waals surface area (Å²) in [6.07, 6.45) is 1.82. The summed E-state index contributed by atoms with van der Waals surface area (Å²) in [5, 5.41) is 0. The van der Waals surface area contributed by atoms with Gasteiger partial charge < -0.3 is 9.64 Å². The van der Waals surface area contributed by atoms with Crippen molar-refractivity contribution in [2.45, 2.75) is 17.7 Å². The van der Waals surface area contributed by atoms with Gasteiger partial charge in [-0.15, -0.1) is 0 Å². The molecule has 0 radical (unpaired) electrons. The molecule has 2 aliphatic heterocycles. The van der Waals surface area contributed by atoms with E-state index < -0.39 is 10.0 Å². The largest absolute Gasteiger partial charge is 0.384 e. The number of amides is 1. The normalized spacial score (nSPS) is 22.1. The topological polar surface area (TPSA) is 66.9 Å². The second kappa shape index (κ2) is 6.59. The van der Waals surface area contributed by atoms with Crippen molar-refractivity contribution in [1.29, 1.82) is 0 Å². The maximum absolute atomic E-state index is 12.8. The zero-order valence-electron chi connectivity index (χ0n) is 13.3. The lowest BCUT2D eigenvalue weighted by Gasteiger charge is -2.31. The maximum atomic E-state index is 12.8. The Morgan fingerprint density at radius 1 is 1.30 bits per heavy atom. The van der Waals surface area contributed by atoms with Gasteiger partial charge in [0, 0.05) is 38.9 Å². The van der Waals surface area contributed by atoms with Gasteiger partial charge in [-0.1, -0.05) is 6.07 Å².